The fraction of sp³-hybridized carbons (Fsp3) is 0.632. The van der Waals surface area contributed by atoms with Gasteiger partial charge >= 0.3 is 24.1 Å². The van der Waals surface area contributed by atoms with Crippen LogP contribution >= 0.6 is 0 Å². The van der Waals surface area contributed by atoms with Crippen LogP contribution in [0.2, 0.25) is 0 Å². The molecule has 0 saturated carbocycles. The first-order valence-electron chi connectivity index (χ1n) is 17.2. The lowest BCUT2D eigenvalue weighted by molar-refractivity contribution is -0.344. The minimum Gasteiger partial charge on any atom is -0.481 e. The molecule has 0 aromatic rings. The maximum atomic E-state index is 12.9. The Hall–Kier alpha value is -3.63. The first-order chi connectivity index (χ1) is 23.1. The molecule has 7 atom stereocenters. The molecule has 2 rings (SSSR count). The highest BCUT2D eigenvalue weighted by Crippen LogP contribution is 2.48. The third-order valence-corrected chi connectivity index (χ3v) is 8.95. The van der Waals surface area contributed by atoms with Crippen molar-refractivity contribution in [2.75, 3.05) is 0 Å². The number of carboxylic acids is 2. The van der Waals surface area contributed by atoms with Gasteiger partial charge in [0, 0.05) is 24.8 Å². The number of rotatable bonds is 18. The van der Waals surface area contributed by atoms with E-state index in [4.69, 9.17) is 34.0 Å². The number of carboxylic acid groups (broad SMARTS) is 2. The Bertz CT molecular complexity index is 1240. The molecule has 0 aliphatic carbocycles. The Morgan fingerprint density at radius 3 is 2.31 bits per heavy atom. The van der Waals surface area contributed by atoms with Gasteiger partial charge in [0.25, 0.3) is 0 Å². The summed E-state index contributed by atoms with van der Waals surface area (Å²) in [5, 5.41) is 28.3. The highest BCUT2D eigenvalue weighted by atomic mass is 16.7. The van der Waals surface area contributed by atoms with Crippen molar-refractivity contribution >= 4 is 24.1 Å². The van der Waals surface area contributed by atoms with Crippen LogP contribution in [-0.4, -0.2) is 69.1 Å². The van der Waals surface area contributed by atoms with Crippen molar-refractivity contribution in [3.63, 3.8) is 0 Å². The fourth-order valence-corrected chi connectivity index (χ4v) is 5.95. The van der Waals surface area contributed by atoms with Crippen LogP contribution in [-0.2, 0) is 38.2 Å². The number of ether oxygens (including phenoxy) is 3. The second kappa shape index (κ2) is 22.2. The molecule has 0 radical (unpaired) electrons. The van der Waals surface area contributed by atoms with Gasteiger partial charge < -0.3 is 29.5 Å². The number of allylic oxidation sites excluding steroid dienone is 4. The van der Waals surface area contributed by atoms with E-state index in [1.165, 1.54) is 6.08 Å². The van der Waals surface area contributed by atoms with Crippen molar-refractivity contribution in [2.45, 2.75) is 141 Å². The Kier molecular flexibility index (Phi) is 19.6. The van der Waals surface area contributed by atoms with E-state index in [0.29, 0.717) is 32.1 Å². The van der Waals surface area contributed by atoms with Crippen LogP contribution in [0.3, 0.4) is 0 Å². The molecule has 2 heterocycles. The number of hydrogen-bond acceptors (Lipinski definition) is 9. The monoisotopic (exact) mass is 688 g/mol. The summed E-state index contributed by atoms with van der Waals surface area (Å²) >= 11 is 0. The zero-order chi connectivity index (χ0) is 37.0. The lowest BCUT2D eigenvalue weighted by atomic mass is 9.78. The van der Waals surface area contributed by atoms with Gasteiger partial charge in [-0.15, -0.1) is 0 Å². The minimum atomic E-state index is -1.05. The maximum absolute atomic E-state index is 12.9. The molecular weight excluding hydrogens is 632 g/mol. The number of esters is 1. The van der Waals surface area contributed by atoms with Crippen LogP contribution in [0.25, 0.3) is 0 Å². The molecule has 1 spiro atoms. The average Bonchev–Trinajstić information content (AvgIpc) is 3.04. The number of aliphatic hydroxyl groups excluding tert-OH is 1. The van der Waals surface area contributed by atoms with Crippen LogP contribution in [0.1, 0.15) is 112 Å². The van der Waals surface area contributed by atoms with Gasteiger partial charge in [-0.2, -0.15) is 9.59 Å². The van der Waals surface area contributed by atoms with Crippen LogP contribution < -0.4 is 0 Å². The molecule has 0 aromatic heterocycles. The summed E-state index contributed by atoms with van der Waals surface area (Å²) in [6, 6.07) is 0. The summed E-state index contributed by atoms with van der Waals surface area (Å²) in [7, 11) is 0. The lowest BCUT2D eigenvalue weighted by Gasteiger charge is -2.53. The third kappa shape index (κ3) is 16.1. The largest absolute Gasteiger partial charge is 0.481 e. The molecule has 0 aromatic carbocycles. The number of carbonyl (C=O) groups excluding carboxylic acids is 3. The Morgan fingerprint density at radius 1 is 1.00 bits per heavy atom. The topological polar surface area (TPSA) is 174 Å². The summed E-state index contributed by atoms with van der Waals surface area (Å²) < 4.78 is 19.8. The lowest BCUT2D eigenvalue weighted by Crippen LogP contribution is -2.59. The average molecular weight is 689 g/mol. The van der Waals surface area contributed by atoms with Gasteiger partial charge in [-0.1, -0.05) is 94.2 Å². The number of carbonyl (C=O) groups is 3. The Labute approximate surface area is 290 Å². The predicted octanol–water partition coefficient (Wildman–Crippen LogP) is 6.87. The van der Waals surface area contributed by atoms with Crippen molar-refractivity contribution in [1.82, 2.24) is 0 Å². The molecule has 274 valence electrons. The molecule has 3 N–H and O–H groups in total. The smallest absolute Gasteiger partial charge is 0.373 e. The van der Waals surface area contributed by atoms with Gasteiger partial charge in [0.2, 0.25) is 0 Å². The van der Waals surface area contributed by atoms with Crippen molar-refractivity contribution < 1.29 is 53.5 Å². The van der Waals surface area contributed by atoms with Crippen LogP contribution in [0, 0.1) is 11.8 Å². The Morgan fingerprint density at radius 2 is 1.69 bits per heavy atom. The second-order valence-corrected chi connectivity index (χ2v) is 13.2. The molecule has 11 heteroatoms. The minimum absolute atomic E-state index is 0.111. The van der Waals surface area contributed by atoms with Gasteiger partial charge in [0.1, 0.15) is 11.7 Å². The first-order valence-corrected chi connectivity index (χ1v) is 17.2. The number of aliphatic carboxylic acids is 2. The van der Waals surface area contributed by atoms with E-state index >= 15 is 0 Å². The van der Waals surface area contributed by atoms with Crippen molar-refractivity contribution in [3.8, 4) is 0 Å². The van der Waals surface area contributed by atoms with Crippen molar-refractivity contribution in [3.05, 3.63) is 60.3 Å². The second-order valence-electron chi connectivity index (χ2n) is 13.2. The summed E-state index contributed by atoms with van der Waals surface area (Å²) in [5.41, 5.74) is 0.860. The fourth-order valence-electron chi connectivity index (χ4n) is 5.95. The molecule has 0 amide bonds. The normalized spacial score (nSPS) is 27.0. The molecule has 0 unspecified atom stereocenters. The first kappa shape index (κ1) is 43.4. The SMILES string of the molecule is C=C(C)/C=C/[C@@H]1O[C@@]2(CC[C@H](C)[C@@H](C/C=C(C)/C=C/[C@H](O)[C@@H](C)/C=C/C(=O)O)O2)CC[C@@]1(CCCCCC)OC(=O)CCC(=O)O.O=C=O. The van der Waals surface area contributed by atoms with Gasteiger partial charge in [0.05, 0.1) is 25.0 Å². The van der Waals surface area contributed by atoms with Gasteiger partial charge in [0.15, 0.2) is 5.79 Å². The van der Waals surface area contributed by atoms with E-state index in [0.717, 1.165) is 49.3 Å². The van der Waals surface area contributed by atoms with Crippen LogP contribution in [0.4, 0.5) is 0 Å². The summed E-state index contributed by atoms with van der Waals surface area (Å²) in [6.07, 6.45) is 18.1. The Balaban J connectivity index is 0.00000385. The highest BCUT2D eigenvalue weighted by molar-refractivity contribution is 5.79. The molecular formula is C38H56O11. The molecule has 2 fully saturated rings. The highest BCUT2D eigenvalue weighted by Gasteiger charge is 2.54. The van der Waals surface area contributed by atoms with Crippen LogP contribution in [0.5, 0.6) is 0 Å². The molecule has 11 nitrogen and oxygen atoms in total. The van der Waals surface area contributed by atoms with Crippen LogP contribution in [0.15, 0.2) is 60.3 Å². The zero-order valence-corrected chi connectivity index (χ0v) is 29.7. The van der Waals surface area contributed by atoms with Crippen molar-refractivity contribution in [1.29, 1.82) is 0 Å². The van der Waals surface area contributed by atoms with E-state index in [-0.39, 0.29) is 36.9 Å². The van der Waals surface area contributed by atoms with Gasteiger partial charge in [-0.25, -0.2) is 4.79 Å². The number of hydrogen-bond donors (Lipinski definition) is 3. The molecule has 2 aliphatic heterocycles. The molecule has 49 heavy (non-hydrogen) atoms. The number of aliphatic hydroxyl groups is 1. The summed E-state index contributed by atoms with van der Waals surface area (Å²) in [4.78, 5) is 51.1. The predicted molar refractivity (Wildman–Crippen MR) is 183 cm³/mol. The number of unbranched alkanes of at least 4 members (excludes halogenated alkanes) is 3. The molecule has 0 bridgehead atoms. The van der Waals surface area contributed by atoms with E-state index in [1.54, 1.807) is 13.0 Å². The molecule has 2 aliphatic rings. The van der Waals surface area contributed by atoms with E-state index in [2.05, 4.69) is 26.5 Å². The van der Waals surface area contributed by atoms with Gasteiger partial charge in [-0.05, 0) is 51.9 Å². The van der Waals surface area contributed by atoms with E-state index in [1.807, 2.05) is 32.1 Å². The summed E-state index contributed by atoms with van der Waals surface area (Å²) in [5.74, 6) is -3.52. The van der Waals surface area contributed by atoms with Crippen molar-refractivity contribution in [2.24, 2.45) is 11.8 Å². The van der Waals surface area contributed by atoms with Gasteiger partial charge in [-0.3, -0.25) is 9.59 Å². The maximum Gasteiger partial charge on any atom is 0.373 e. The third-order valence-electron chi connectivity index (χ3n) is 8.95. The standard InChI is InChI=1S/C37H56O9.CO2/c1-7-8-9-10-22-36(46-35(43)20-19-34(41)42)24-25-37(45-32(36)17-11-26(2)3)23-21-29(6)31(44-37)16-13-27(4)12-15-30(38)28(5)14-18-33(39)40;2-1-3/h11-15,17-18,28-32,38H,2,7-10,16,19-25H2,1,3-6H3,(H,39,40)(H,41,42);/b15-12+,17-11+,18-14+,27-13+;/t28-,29-,30-,31+,32-,36+,37-;/m0./s1. The van der Waals surface area contributed by atoms with E-state index in [9.17, 15) is 19.5 Å². The van der Waals surface area contributed by atoms with E-state index < -0.39 is 41.5 Å². The zero-order valence-electron chi connectivity index (χ0n) is 29.7. The summed E-state index contributed by atoms with van der Waals surface area (Å²) in [6.45, 7) is 13.9. The molecule has 2 saturated heterocycles. The quantitative estimate of drug-likeness (QED) is 0.0593.